The van der Waals surface area contributed by atoms with Crippen molar-refractivity contribution in [3.8, 4) is 0 Å². The first-order valence-electron chi connectivity index (χ1n) is 5.70. The van der Waals surface area contributed by atoms with Crippen LogP contribution in [0.5, 0.6) is 0 Å². The first kappa shape index (κ1) is 10.2. The summed E-state index contributed by atoms with van der Waals surface area (Å²) in [6, 6.07) is 7.90. The van der Waals surface area contributed by atoms with Crippen LogP contribution in [-0.2, 0) is 0 Å². The quantitative estimate of drug-likeness (QED) is 0.689. The van der Waals surface area contributed by atoms with Gasteiger partial charge in [-0.25, -0.2) is 0 Å². The van der Waals surface area contributed by atoms with E-state index in [1.54, 1.807) is 0 Å². The fraction of sp³-hybridized carbons (Fsp3) is 0.462. The molecular formula is C13H17NO. The molecule has 1 fully saturated rings. The third-order valence-electron chi connectivity index (χ3n) is 2.98. The van der Waals surface area contributed by atoms with Gasteiger partial charge < -0.3 is 4.90 Å². The lowest BCUT2D eigenvalue weighted by Crippen LogP contribution is -2.23. The monoisotopic (exact) mass is 203 g/mol. The maximum absolute atomic E-state index is 10.7. The fourth-order valence-electron chi connectivity index (χ4n) is 2.12. The Morgan fingerprint density at radius 1 is 1.07 bits per heavy atom. The molecular weight excluding hydrogens is 186 g/mol. The minimum absolute atomic E-state index is 0.775. The van der Waals surface area contributed by atoms with Crippen molar-refractivity contribution in [2.24, 2.45) is 0 Å². The summed E-state index contributed by atoms with van der Waals surface area (Å²) >= 11 is 0. The van der Waals surface area contributed by atoms with Gasteiger partial charge in [-0.15, -0.1) is 0 Å². The SMILES string of the molecule is O=Cc1cccc(N2CCCCCC2)c1. The second kappa shape index (κ2) is 4.96. The topological polar surface area (TPSA) is 20.3 Å². The molecule has 15 heavy (non-hydrogen) atoms. The van der Waals surface area contributed by atoms with Crippen molar-refractivity contribution in [1.82, 2.24) is 0 Å². The first-order valence-corrected chi connectivity index (χ1v) is 5.70. The lowest BCUT2D eigenvalue weighted by molar-refractivity contribution is 0.112. The van der Waals surface area contributed by atoms with Gasteiger partial charge in [0.05, 0.1) is 0 Å². The minimum Gasteiger partial charge on any atom is -0.372 e. The van der Waals surface area contributed by atoms with E-state index in [1.807, 2.05) is 18.2 Å². The highest BCUT2D eigenvalue weighted by Crippen LogP contribution is 2.19. The molecule has 0 bridgehead atoms. The lowest BCUT2D eigenvalue weighted by Gasteiger charge is -2.22. The normalized spacial score (nSPS) is 17.2. The van der Waals surface area contributed by atoms with Gasteiger partial charge in [-0.05, 0) is 25.0 Å². The number of rotatable bonds is 2. The minimum atomic E-state index is 0.775. The number of carbonyl (C=O) groups excluding carboxylic acids is 1. The molecule has 0 aromatic heterocycles. The summed E-state index contributed by atoms with van der Waals surface area (Å²) in [5.41, 5.74) is 1.97. The molecule has 0 amide bonds. The molecule has 0 N–H and O–H groups in total. The van der Waals surface area contributed by atoms with Crippen molar-refractivity contribution in [1.29, 1.82) is 0 Å². The molecule has 80 valence electrons. The zero-order valence-electron chi connectivity index (χ0n) is 8.98. The van der Waals surface area contributed by atoms with Gasteiger partial charge >= 0.3 is 0 Å². The molecule has 0 saturated carbocycles. The highest BCUT2D eigenvalue weighted by atomic mass is 16.1. The summed E-state index contributed by atoms with van der Waals surface area (Å²) in [5.74, 6) is 0. The van der Waals surface area contributed by atoms with E-state index in [4.69, 9.17) is 0 Å². The number of carbonyl (C=O) groups is 1. The van der Waals surface area contributed by atoms with E-state index < -0.39 is 0 Å². The Morgan fingerprint density at radius 2 is 1.80 bits per heavy atom. The Labute approximate surface area is 90.9 Å². The molecule has 1 aliphatic rings. The Morgan fingerprint density at radius 3 is 2.47 bits per heavy atom. The number of benzene rings is 1. The van der Waals surface area contributed by atoms with Crippen LogP contribution in [-0.4, -0.2) is 19.4 Å². The molecule has 0 aliphatic carbocycles. The van der Waals surface area contributed by atoms with Crippen LogP contribution < -0.4 is 4.90 Å². The van der Waals surface area contributed by atoms with Crippen molar-refractivity contribution in [3.63, 3.8) is 0 Å². The van der Waals surface area contributed by atoms with Crippen LogP contribution in [0.1, 0.15) is 36.0 Å². The van der Waals surface area contributed by atoms with Gasteiger partial charge in [0.2, 0.25) is 0 Å². The average molecular weight is 203 g/mol. The molecule has 1 aromatic carbocycles. The number of hydrogen-bond acceptors (Lipinski definition) is 2. The summed E-state index contributed by atoms with van der Waals surface area (Å²) in [7, 11) is 0. The number of aldehydes is 1. The van der Waals surface area contributed by atoms with Crippen LogP contribution in [0.3, 0.4) is 0 Å². The van der Waals surface area contributed by atoms with Gasteiger partial charge in [-0.3, -0.25) is 4.79 Å². The van der Waals surface area contributed by atoms with Gasteiger partial charge in [0.1, 0.15) is 6.29 Å². The largest absolute Gasteiger partial charge is 0.372 e. The molecule has 0 atom stereocenters. The van der Waals surface area contributed by atoms with Crippen molar-refractivity contribution < 1.29 is 4.79 Å². The average Bonchev–Trinajstić information content (AvgIpc) is 2.58. The van der Waals surface area contributed by atoms with E-state index in [9.17, 15) is 4.79 Å². The number of anilines is 1. The third kappa shape index (κ3) is 2.58. The molecule has 2 nitrogen and oxygen atoms in total. The Bertz CT molecular complexity index is 327. The lowest BCUT2D eigenvalue weighted by atomic mass is 10.2. The van der Waals surface area contributed by atoms with Crippen molar-refractivity contribution in [3.05, 3.63) is 29.8 Å². The summed E-state index contributed by atoms with van der Waals surface area (Å²) in [6.45, 7) is 2.25. The maximum atomic E-state index is 10.7. The van der Waals surface area contributed by atoms with Crippen molar-refractivity contribution in [2.45, 2.75) is 25.7 Å². The zero-order valence-corrected chi connectivity index (χ0v) is 8.98. The van der Waals surface area contributed by atoms with Gasteiger partial charge in [0, 0.05) is 24.3 Å². The first-order chi connectivity index (χ1) is 7.40. The van der Waals surface area contributed by atoms with E-state index >= 15 is 0 Å². The molecule has 0 radical (unpaired) electrons. The van der Waals surface area contributed by atoms with Crippen LogP contribution in [0.15, 0.2) is 24.3 Å². The van der Waals surface area contributed by atoms with Gasteiger partial charge in [-0.2, -0.15) is 0 Å². The zero-order chi connectivity index (χ0) is 10.5. The van der Waals surface area contributed by atoms with E-state index in [0.717, 1.165) is 24.9 Å². The molecule has 1 saturated heterocycles. The molecule has 1 aliphatic heterocycles. The number of nitrogens with zero attached hydrogens (tertiary/aromatic N) is 1. The third-order valence-corrected chi connectivity index (χ3v) is 2.98. The van der Waals surface area contributed by atoms with Crippen LogP contribution in [0.25, 0.3) is 0 Å². The summed E-state index contributed by atoms with van der Waals surface area (Å²) in [4.78, 5) is 13.1. The smallest absolute Gasteiger partial charge is 0.150 e. The van der Waals surface area contributed by atoms with Crippen LogP contribution in [0, 0.1) is 0 Å². The van der Waals surface area contributed by atoms with E-state index in [2.05, 4.69) is 11.0 Å². The Hall–Kier alpha value is -1.31. The molecule has 1 aromatic rings. The molecule has 0 unspecified atom stereocenters. The maximum Gasteiger partial charge on any atom is 0.150 e. The van der Waals surface area contributed by atoms with E-state index in [-0.39, 0.29) is 0 Å². The molecule has 2 rings (SSSR count). The van der Waals surface area contributed by atoms with Crippen LogP contribution in [0.2, 0.25) is 0 Å². The fourth-order valence-corrected chi connectivity index (χ4v) is 2.12. The molecule has 0 spiro atoms. The summed E-state index contributed by atoms with van der Waals surface area (Å²) in [5, 5.41) is 0. The van der Waals surface area contributed by atoms with Gasteiger partial charge in [-0.1, -0.05) is 25.0 Å². The highest BCUT2D eigenvalue weighted by molar-refractivity contribution is 5.77. The predicted molar refractivity (Wildman–Crippen MR) is 62.5 cm³/mol. The van der Waals surface area contributed by atoms with Gasteiger partial charge in [0.15, 0.2) is 0 Å². The summed E-state index contributed by atoms with van der Waals surface area (Å²) in [6.07, 6.45) is 6.13. The molecule has 2 heteroatoms. The number of hydrogen-bond donors (Lipinski definition) is 0. The standard InChI is InChI=1S/C13H17NO/c15-11-12-6-5-7-13(10-12)14-8-3-1-2-4-9-14/h5-7,10-11H,1-4,8-9H2. The molecule has 1 heterocycles. The Kier molecular flexibility index (Phi) is 3.38. The second-order valence-corrected chi connectivity index (χ2v) is 4.11. The predicted octanol–water partition coefficient (Wildman–Crippen LogP) is 2.88. The highest BCUT2D eigenvalue weighted by Gasteiger charge is 2.09. The van der Waals surface area contributed by atoms with Crippen LogP contribution >= 0.6 is 0 Å². The van der Waals surface area contributed by atoms with Crippen molar-refractivity contribution >= 4 is 12.0 Å². The van der Waals surface area contributed by atoms with Gasteiger partial charge in [0.25, 0.3) is 0 Å². The van der Waals surface area contributed by atoms with E-state index in [0.29, 0.717) is 0 Å². The Balaban J connectivity index is 2.15. The van der Waals surface area contributed by atoms with Crippen molar-refractivity contribution in [2.75, 3.05) is 18.0 Å². The second-order valence-electron chi connectivity index (χ2n) is 4.11. The van der Waals surface area contributed by atoms with Crippen LogP contribution in [0.4, 0.5) is 5.69 Å². The van der Waals surface area contributed by atoms with E-state index in [1.165, 1.54) is 31.4 Å². The summed E-state index contributed by atoms with van der Waals surface area (Å²) < 4.78 is 0.